The molecule has 0 saturated heterocycles. The number of aliphatic hydroxyl groups excluding tert-OH is 1. The van der Waals surface area contributed by atoms with E-state index in [0.29, 0.717) is 23.9 Å². The van der Waals surface area contributed by atoms with E-state index in [2.05, 4.69) is 19.2 Å². The third-order valence-electron chi connectivity index (χ3n) is 15.9. The molecule has 0 heterocycles. The predicted molar refractivity (Wildman–Crippen MR) is 323 cm³/mol. The van der Waals surface area contributed by atoms with Gasteiger partial charge in [-0.15, -0.1) is 0 Å². The molecule has 0 aliphatic rings. The first kappa shape index (κ1) is 73.5. The molecule has 9 heteroatoms. The summed E-state index contributed by atoms with van der Waals surface area (Å²) in [5, 5.41) is 14.1. The Morgan fingerprint density at radius 1 is 0.405 bits per heavy atom. The number of phosphoric ester groups is 1. The molecule has 0 aliphatic heterocycles. The summed E-state index contributed by atoms with van der Waals surface area (Å²) in [5.41, 5.74) is 0. The maximum atomic E-state index is 13.0. The van der Waals surface area contributed by atoms with E-state index in [0.717, 1.165) is 38.5 Å². The lowest BCUT2D eigenvalue weighted by atomic mass is 10.0. The van der Waals surface area contributed by atoms with Crippen LogP contribution in [-0.4, -0.2) is 73.4 Å². The van der Waals surface area contributed by atoms with Gasteiger partial charge >= 0.3 is 7.82 Å². The Hall–Kier alpha value is -0.500. The van der Waals surface area contributed by atoms with E-state index >= 15 is 0 Å². The SMILES string of the molecule is CCCCCCCCCCCCCCCCCCCCCCCCCCCCCCCCCCCC(O)C(COP(=O)(O)OCC[N+](C)(C)C)NC(=O)CCCCCCCCCCCCCCCCCCCCC. The van der Waals surface area contributed by atoms with Gasteiger partial charge in [0.2, 0.25) is 5.91 Å². The van der Waals surface area contributed by atoms with Crippen LogP contribution < -0.4 is 5.32 Å². The van der Waals surface area contributed by atoms with Crippen LogP contribution in [0.1, 0.15) is 361 Å². The van der Waals surface area contributed by atoms with E-state index in [-0.39, 0.29) is 19.1 Å². The van der Waals surface area contributed by atoms with Gasteiger partial charge in [-0.1, -0.05) is 341 Å². The monoisotopic (exact) mass is 1070 g/mol. The lowest BCUT2D eigenvalue weighted by Gasteiger charge is -2.26. The van der Waals surface area contributed by atoms with Crippen LogP contribution in [0, 0.1) is 0 Å². The van der Waals surface area contributed by atoms with Crippen LogP contribution in [0.3, 0.4) is 0 Å². The fourth-order valence-corrected chi connectivity index (χ4v) is 11.4. The number of carbonyl (C=O) groups is 1. The molecule has 0 aromatic carbocycles. The maximum absolute atomic E-state index is 13.0. The van der Waals surface area contributed by atoms with E-state index in [9.17, 15) is 19.4 Å². The van der Waals surface area contributed by atoms with Crippen LogP contribution in [0.15, 0.2) is 0 Å². The summed E-state index contributed by atoms with van der Waals surface area (Å²) in [6.07, 6.45) is 70.6. The number of aliphatic hydroxyl groups is 1. The topological polar surface area (TPSA) is 105 Å². The molecule has 0 aromatic rings. The standard InChI is InChI=1S/C65H133N2O6P/c1-6-8-10-12-14-16-18-20-22-24-26-27-28-29-30-31-32-33-34-35-36-37-38-39-41-42-44-46-48-50-52-54-56-58-64(68)63(62-73-74(70,71)72-61-60-67(3,4)5)66-65(69)59-57-55-53-51-49-47-45-43-40-25-23-21-19-17-15-13-11-9-7-2/h63-64,68H,6-62H2,1-5H3,(H-,66,69,70,71)/p+1. The summed E-state index contributed by atoms with van der Waals surface area (Å²) in [6, 6.07) is -0.756. The van der Waals surface area contributed by atoms with Gasteiger partial charge in [0.05, 0.1) is 39.9 Å². The molecule has 0 rings (SSSR count). The second-order valence-corrected chi connectivity index (χ2v) is 26.0. The Morgan fingerprint density at radius 2 is 0.649 bits per heavy atom. The van der Waals surface area contributed by atoms with E-state index in [4.69, 9.17) is 9.05 Å². The number of nitrogens with zero attached hydrogens (tertiary/aromatic N) is 1. The molecular formula is C65H134N2O6P+. The lowest BCUT2D eigenvalue weighted by molar-refractivity contribution is -0.870. The van der Waals surface area contributed by atoms with Crippen molar-refractivity contribution in [1.82, 2.24) is 5.32 Å². The van der Waals surface area contributed by atoms with Gasteiger partial charge < -0.3 is 19.8 Å². The van der Waals surface area contributed by atoms with Crippen LogP contribution >= 0.6 is 7.82 Å². The average molecular weight is 1070 g/mol. The Bertz CT molecular complexity index is 1170. The number of phosphoric acid groups is 1. The van der Waals surface area contributed by atoms with Gasteiger partial charge in [-0.25, -0.2) is 4.57 Å². The van der Waals surface area contributed by atoms with E-state index < -0.39 is 20.0 Å². The highest BCUT2D eigenvalue weighted by Crippen LogP contribution is 2.43. The Kier molecular flexibility index (Phi) is 56.8. The summed E-state index contributed by atoms with van der Waals surface area (Å²) in [6.45, 7) is 4.96. The van der Waals surface area contributed by atoms with Crippen molar-refractivity contribution in [2.45, 2.75) is 373 Å². The van der Waals surface area contributed by atoms with Crippen molar-refractivity contribution in [3.63, 3.8) is 0 Å². The first-order valence-corrected chi connectivity index (χ1v) is 34.9. The second-order valence-electron chi connectivity index (χ2n) is 24.6. The number of rotatable bonds is 63. The van der Waals surface area contributed by atoms with Crippen LogP contribution in [0.25, 0.3) is 0 Å². The zero-order chi connectivity index (χ0) is 54.2. The van der Waals surface area contributed by atoms with E-state index in [1.54, 1.807) is 0 Å². The molecular weight excluding hydrogens is 936 g/mol. The highest BCUT2D eigenvalue weighted by molar-refractivity contribution is 7.47. The molecule has 0 fully saturated rings. The first-order chi connectivity index (χ1) is 36.0. The van der Waals surface area contributed by atoms with Crippen LogP contribution in [0.5, 0.6) is 0 Å². The van der Waals surface area contributed by atoms with Gasteiger partial charge in [0.1, 0.15) is 13.2 Å². The first-order valence-electron chi connectivity index (χ1n) is 33.4. The molecule has 1 amide bonds. The second kappa shape index (κ2) is 57.2. The minimum Gasteiger partial charge on any atom is -0.391 e. The number of hydrogen-bond acceptors (Lipinski definition) is 5. The number of hydrogen-bond donors (Lipinski definition) is 3. The molecule has 0 aliphatic carbocycles. The van der Waals surface area contributed by atoms with Crippen molar-refractivity contribution in [2.75, 3.05) is 40.9 Å². The van der Waals surface area contributed by atoms with E-state index in [1.807, 2.05) is 21.1 Å². The maximum Gasteiger partial charge on any atom is 0.472 e. The number of likely N-dealkylation sites (N-methyl/N-ethyl adjacent to an activating group) is 1. The number of nitrogens with one attached hydrogen (secondary N) is 1. The van der Waals surface area contributed by atoms with Crippen LogP contribution in [0.4, 0.5) is 0 Å². The van der Waals surface area contributed by atoms with Gasteiger partial charge in [-0.2, -0.15) is 0 Å². The normalized spacial score (nSPS) is 13.7. The van der Waals surface area contributed by atoms with Gasteiger partial charge in [-0.3, -0.25) is 13.8 Å². The summed E-state index contributed by atoms with van der Waals surface area (Å²) >= 11 is 0. The van der Waals surface area contributed by atoms with Crippen molar-refractivity contribution < 1.29 is 32.9 Å². The Labute approximate surface area is 463 Å². The quantitative estimate of drug-likeness (QED) is 0.0318. The number of quaternary nitrogens is 1. The molecule has 74 heavy (non-hydrogen) atoms. The predicted octanol–water partition coefficient (Wildman–Crippen LogP) is 20.8. The molecule has 3 atom stereocenters. The van der Waals surface area contributed by atoms with Gasteiger partial charge in [0, 0.05) is 6.42 Å². The molecule has 0 radical (unpaired) electrons. The highest BCUT2D eigenvalue weighted by Gasteiger charge is 2.28. The molecule has 3 N–H and O–H groups in total. The average Bonchev–Trinajstić information content (AvgIpc) is 3.36. The zero-order valence-electron chi connectivity index (χ0n) is 50.9. The largest absolute Gasteiger partial charge is 0.472 e. The Morgan fingerprint density at radius 3 is 0.905 bits per heavy atom. The summed E-state index contributed by atoms with van der Waals surface area (Å²) in [4.78, 5) is 23.4. The molecule has 0 bridgehead atoms. The summed E-state index contributed by atoms with van der Waals surface area (Å²) in [7, 11) is 1.64. The molecule has 444 valence electrons. The zero-order valence-corrected chi connectivity index (χ0v) is 51.8. The van der Waals surface area contributed by atoms with Gasteiger partial charge in [0.25, 0.3) is 0 Å². The lowest BCUT2D eigenvalue weighted by Crippen LogP contribution is -2.46. The third kappa shape index (κ3) is 59.2. The minimum absolute atomic E-state index is 0.0793. The third-order valence-corrected chi connectivity index (χ3v) is 16.8. The van der Waals surface area contributed by atoms with Crippen molar-refractivity contribution in [3.05, 3.63) is 0 Å². The minimum atomic E-state index is -4.32. The van der Waals surface area contributed by atoms with Crippen LogP contribution in [0.2, 0.25) is 0 Å². The fraction of sp³-hybridized carbons (Fsp3) is 0.985. The molecule has 3 unspecified atom stereocenters. The van der Waals surface area contributed by atoms with Crippen molar-refractivity contribution in [1.29, 1.82) is 0 Å². The molecule has 0 saturated carbocycles. The smallest absolute Gasteiger partial charge is 0.391 e. The number of amides is 1. The molecule has 0 aromatic heterocycles. The van der Waals surface area contributed by atoms with Crippen molar-refractivity contribution >= 4 is 13.7 Å². The summed E-state index contributed by atoms with van der Waals surface area (Å²) in [5.74, 6) is -0.135. The van der Waals surface area contributed by atoms with E-state index in [1.165, 1.54) is 295 Å². The van der Waals surface area contributed by atoms with Crippen molar-refractivity contribution in [2.24, 2.45) is 0 Å². The van der Waals surface area contributed by atoms with Crippen molar-refractivity contribution in [3.8, 4) is 0 Å². The number of unbranched alkanes of at least 4 members (excludes halogenated alkanes) is 50. The molecule has 0 spiro atoms. The van der Waals surface area contributed by atoms with Gasteiger partial charge in [-0.05, 0) is 12.8 Å². The summed E-state index contributed by atoms with van der Waals surface area (Å²) < 4.78 is 23.9. The van der Waals surface area contributed by atoms with Crippen LogP contribution in [-0.2, 0) is 18.4 Å². The molecule has 8 nitrogen and oxygen atoms in total. The Balaban J connectivity index is 3.96. The number of carbonyl (C=O) groups excluding carboxylic acids is 1. The fourth-order valence-electron chi connectivity index (χ4n) is 10.6. The van der Waals surface area contributed by atoms with Gasteiger partial charge in [0.15, 0.2) is 0 Å². The highest BCUT2D eigenvalue weighted by atomic mass is 31.2.